The normalized spacial score (nSPS) is 17.0. The molecule has 1 aliphatic rings. The Morgan fingerprint density at radius 2 is 1.83 bits per heavy atom. The molecule has 1 unspecified atom stereocenters. The molecule has 120 valence electrons. The van der Waals surface area contributed by atoms with E-state index in [0.717, 1.165) is 17.6 Å². The van der Waals surface area contributed by atoms with Crippen LogP contribution < -0.4 is 10.1 Å². The molecule has 1 heterocycles. The van der Waals surface area contributed by atoms with Crippen molar-refractivity contribution in [2.45, 2.75) is 11.3 Å². The van der Waals surface area contributed by atoms with Crippen LogP contribution in [0.4, 0.5) is 5.69 Å². The van der Waals surface area contributed by atoms with Crippen LogP contribution in [-0.4, -0.2) is 27.2 Å². The van der Waals surface area contributed by atoms with E-state index >= 15 is 0 Å². The van der Waals surface area contributed by atoms with E-state index in [1.807, 2.05) is 24.3 Å². The topological polar surface area (TPSA) is 72.5 Å². The first-order chi connectivity index (χ1) is 10.9. The predicted octanol–water partition coefficient (Wildman–Crippen LogP) is 2.28. The molecule has 0 saturated heterocycles. The average molecular weight is 331 g/mol. The van der Waals surface area contributed by atoms with E-state index in [2.05, 4.69) is 5.32 Å². The Kier molecular flexibility index (Phi) is 4.09. The van der Waals surface area contributed by atoms with Crippen molar-refractivity contribution >= 4 is 21.4 Å². The molecule has 5 nitrogen and oxygen atoms in total. The highest BCUT2D eigenvalue weighted by Crippen LogP contribution is 2.27. The Bertz CT molecular complexity index is 828. The maximum Gasteiger partial charge on any atom is 0.231 e. The Morgan fingerprint density at radius 1 is 1.13 bits per heavy atom. The van der Waals surface area contributed by atoms with E-state index in [9.17, 15) is 13.2 Å². The lowest BCUT2D eigenvalue weighted by Crippen LogP contribution is -2.32. The molecule has 0 spiro atoms. The third kappa shape index (κ3) is 3.53. The first-order valence-electron chi connectivity index (χ1n) is 7.25. The second-order valence-electron chi connectivity index (χ2n) is 5.61. The van der Waals surface area contributed by atoms with Crippen LogP contribution >= 0.6 is 0 Å². The van der Waals surface area contributed by atoms with Crippen LogP contribution in [0, 0.1) is 5.92 Å². The molecule has 0 aliphatic carbocycles. The number of para-hydroxylation sites is 1. The van der Waals surface area contributed by atoms with Gasteiger partial charge in [-0.05, 0) is 42.3 Å². The van der Waals surface area contributed by atoms with Crippen LogP contribution in [-0.2, 0) is 21.1 Å². The summed E-state index contributed by atoms with van der Waals surface area (Å²) in [5.74, 6) is 0.431. The summed E-state index contributed by atoms with van der Waals surface area (Å²) in [6.45, 7) is 0.338. The van der Waals surface area contributed by atoms with Gasteiger partial charge in [0.15, 0.2) is 9.84 Å². The van der Waals surface area contributed by atoms with Crippen molar-refractivity contribution in [2.24, 2.45) is 5.92 Å². The predicted molar refractivity (Wildman–Crippen MR) is 87.3 cm³/mol. The van der Waals surface area contributed by atoms with Crippen molar-refractivity contribution in [2.75, 3.05) is 18.2 Å². The fraction of sp³-hybridized carbons (Fsp3) is 0.235. The highest BCUT2D eigenvalue weighted by Gasteiger charge is 2.25. The minimum absolute atomic E-state index is 0.133. The van der Waals surface area contributed by atoms with Crippen LogP contribution in [0.1, 0.15) is 5.56 Å². The quantitative estimate of drug-likeness (QED) is 0.936. The first kappa shape index (κ1) is 15.6. The van der Waals surface area contributed by atoms with Gasteiger partial charge >= 0.3 is 0 Å². The SMILES string of the molecule is CS(=O)(=O)c1ccc(NC(=O)C2COc3ccccc3C2)cc1. The minimum atomic E-state index is -3.23. The number of carbonyl (C=O) groups is 1. The van der Waals surface area contributed by atoms with E-state index < -0.39 is 9.84 Å². The second-order valence-corrected chi connectivity index (χ2v) is 7.62. The number of sulfone groups is 1. The molecular formula is C17H17NO4S. The molecule has 0 bridgehead atoms. The van der Waals surface area contributed by atoms with Crippen molar-refractivity contribution in [3.05, 3.63) is 54.1 Å². The van der Waals surface area contributed by atoms with Crippen molar-refractivity contribution in [3.63, 3.8) is 0 Å². The second kappa shape index (κ2) is 6.04. The van der Waals surface area contributed by atoms with E-state index in [1.165, 1.54) is 12.1 Å². The van der Waals surface area contributed by atoms with E-state index in [1.54, 1.807) is 12.1 Å². The molecule has 1 atom stereocenters. The molecule has 0 saturated carbocycles. The summed E-state index contributed by atoms with van der Waals surface area (Å²) in [5.41, 5.74) is 1.59. The van der Waals surface area contributed by atoms with Gasteiger partial charge in [0.1, 0.15) is 12.4 Å². The van der Waals surface area contributed by atoms with Gasteiger partial charge in [-0.25, -0.2) is 8.42 Å². The van der Waals surface area contributed by atoms with Crippen LogP contribution in [0.2, 0.25) is 0 Å². The summed E-state index contributed by atoms with van der Waals surface area (Å²) in [4.78, 5) is 12.6. The monoisotopic (exact) mass is 331 g/mol. The molecule has 6 heteroatoms. The number of ether oxygens (including phenoxy) is 1. The highest BCUT2D eigenvalue weighted by atomic mass is 32.2. The van der Waals surface area contributed by atoms with Gasteiger partial charge in [0.2, 0.25) is 5.91 Å². The largest absolute Gasteiger partial charge is 0.492 e. The number of anilines is 1. The summed E-state index contributed by atoms with van der Waals surface area (Å²) < 4.78 is 28.5. The summed E-state index contributed by atoms with van der Waals surface area (Å²) in [7, 11) is -3.23. The van der Waals surface area contributed by atoms with Crippen molar-refractivity contribution in [1.82, 2.24) is 0 Å². The summed E-state index contributed by atoms with van der Waals surface area (Å²) in [6.07, 6.45) is 1.78. The zero-order chi connectivity index (χ0) is 16.4. The van der Waals surface area contributed by atoms with E-state index in [-0.39, 0.29) is 16.7 Å². The van der Waals surface area contributed by atoms with Gasteiger partial charge in [-0.3, -0.25) is 4.79 Å². The van der Waals surface area contributed by atoms with Gasteiger partial charge in [-0.1, -0.05) is 18.2 Å². The van der Waals surface area contributed by atoms with E-state index in [4.69, 9.17) is 4.74 Å². The number of carbonyl (C=O) groups excluding carboxylic acids is 1. The van der Waals surface area contributed by atoms with Gasteiger partial charge in [-0.2, -0.15) is 0 Å². The molecule has 0 fully saturated rings. The summed E-state index contributed by atoms with van der Waals surface area (Å²) in [6, 6.07) is 13.8. The molecule has 2 aromatic rings. The molecule has 2 aromatic carbocycles. The number of rotatable bonds is 3. The number of amides is 1. The number of fused-ring (bicyclic) bond motifs is 1. The van der Waals surface area contributed by atoms with Gasteiger partial charge in [-0.15, -0.1) is 0 Å². The summed E-state index contributed by atoms with van der Waals surface area (Å²) in [5, 5.41) is 2.81. The van der Waals surface area contributed by atoms with Crippen LogP contribution in [0.5, 0.6) is 5.75 Å². The number of benzene rings is 2. The van der Waals surface area contributed by atoms with Gasteiger partial charge < -0.3 is 10.1 Å². The van der Waals surface area contributed by atoms with Crippen molar-refractivity contribution < 1.29 is 17.9 Å². The molecule has 1 N–H and O–H groups in total. The third-order valence-corrected chi connectivity index (χ3v) is 4.93. The number of hydrogen-bond donors (Lipinski definition) is 1. The Hall–Kier alpha value is -2.34. The van der Waals surface area contributed by atoms with E-state index in [0.29, 0.717) is 18.7 Å². The maximum atomic E-state index is 12.3. The minimum Gasteiger partial charge on any atom is -0.492 e. The lowest BCUT2D eigenvalue weighted by molar-refractivity contribution is -0.121. The molecule has 23 heavy (non-hydrogen) atoms. The molecule has 1 amide bonds. The molecular weight excluding hydrogens is 314 g/mol. The Morgan fingerprint density at radius 3 is 2.52 bits per heavy atom. The third-order valence-electron chi connectivity index (χ3n) is 3.80. The zero-order valence-corrected chi connectivity index (χ0v) is 13.5. The Labute approximate surface area is 135 Å². The standard InChI is InChI=1S/C17H17NO4S/c1-23(20,21)15-8-6-14(7-9-15)18-17(19)13-10-12-4-2-3-5-16(12)22-11-13/h2-9,13H,10-11H2,1H3,(H,18,19). The van der Waals surface area contributed by atoms with Gasteiger partial charge in [0.25, 0.3) is 0 Å². The lowest BCUT2D eigenvalue weighted by Gasteiger charge is -2.24. The van der Waals surface area contributed by atoms with Crippen LogP contribution in [0.25, 0.3) is 0 Å². The van der Waals surface area contributed by atoms with Crippen LogP contribution in [0.15, 0.2) is 53.4 Å². The first-order valence-corrected chi connectivity index (χ1v) is 9.14. The smallest absolute Gasteiger partial charge is 0.231 e. The number of hydrogen-bond acceptors (Lipinski definition) is 4. The maximum absolute atomic E-state index is 12.3. The number of nitrogens with one attached hydrogen (secondary N) is 1. The zero-order valence-electron chi connectivity index (χ0n) is 12.7. The highest BCUT2D eigenvalue weighted by molar-refractivity contribution is 7.90. The fourth-order valence-electron chi connectivity index (χ4n) is 2.53. The Balaban J connectivity index is 1.68. The van der Waals surface area contributed by atoms with Crippen LogP contribution in [0.3, 0.4) is 0 Å². The average Bonchev–Trinajstić information content (AvgIpc) is 2.54. The fourth-order valence-corrected chi connectivity index (χ4v) is 3.16. The van der Waals surface area contributed by atoms with Gasteiger partial charge in [0.05, 0.1) is 10.8 Å². The molecule has 0 radical (unpaired) electrons. The molecule has 1 aliphatic heterocycles. The summed E-state index contributed by atoms with van der Waals surface area (Å²) >= 11 is 0. The van der Waals surface area contributed by atoms with Crippen molar-refractivity contribution in [1.29, 1.82) is 0 Å². The molecule has 0 aromatic heterocycles. The molecule has 3 rings (SSSR count). The van der Waals surface area contributed by atoms with Crippen molar-refractivity contribution in [3.8, 4) is 5.75 Å². The lowest BCUT2D eigenvalue weighted by atomic mass is 9.96. The van der Waals surface area contributed by atoms with Gasteiger partial charge in [0, 0.05) is 11.9 Å².